The number of nitrogens with zero attached hydrogens (tertiary/aromatic N) is 2. The van der Waals surface area contributed by atoms with Gasteiger partial charge >= 0.3 is 0 Å². The van der Waals surface area contributed by atoms with Crippen LogP contribution in [-0.2, 0) is 4.79 Å². The minimum Gasteiger partial charge on any atom is -0.375 e. The van der Waals surface area contributed by atoms with Crippen LogP contribution in [0.2, 0.25) is 0 Å². The Morgan fingerprint density at radius 1 is 0.971 bits per heavy atom. The zero-order chi connectivity index (χ0) is 23.8. The highest BCUT2D eigenvalue weighted by Gasteiger charge is 2.49. The number of aromatic nitrogens is 2. The zero-order valence-electron chi connectivity index (χ0n) is 19.7. The van der Waals surface area contributed by atoms with E-state index in [0.717, 1.165) is 50.2 Å². The summed E-state index contributed by atoms with van der Waals surface area (Å²) >= 11 is 0. The smallest absolute Gasteiger partial charge is 0.251 e. The number of imidazole rings is 1. The van der Waals surface area contributed by atoms with Gasteiger partial charge in [0.15, 0.2) is 0 Å². The summed E-state index contributed by atoms with van der Waals surface area (Å²) in [4.78, 5) is 36.9. The first-order valence-corrected chi connectivity index (χ1v) is 12.7. The van der Waals surface area contributed by atoms with E-state index in [4.69, 9.17) is 0 Å². The molecule has 3 heterocycles. The lowest BCUT2D eigenvalue weighted by Crippen LogP contribution is -2.50. The summed E-state index contributed by atoms with van der Waals surface area (Å²) in [5.74, 6) is 1.03. The summed E-state index contributed by atoms with van der Waals surface area (Å²) in [5, 5.41) is 6.87. The SMILES string of the molecule is O=C(NC1CCCCC1C(=O)N1CC[C@@H]2[C@H](c3ncc[nH]3)Nc3ccccc3[C@@H]21)c1ccccc1. The highest BCUT2D eigenvalue weighted by molar-refractivity contribution is 5.94. The van der Waals surface area contributed by atoms with E-state index in [2.05, 4.69) is 43.7 Å². The van der Waals surface area contributed by atoms with Crippen LogP contribution in [0.25, 0.3) is 0 Å². The van der Waals surface area contributed by atoms with Crippen LogP contribution in [-0.4, -0.2) is 39.3 Å². The van der Waals surface area contributed by atoms with Crippen LogP contribution in [0.15, 0.2) is 67.0 Å². The lowest BCUT2D eigenvalue weighted by molar-refractivity contribution is -0.138. The van der Waals surface area contributed by atoms with Crippen molar-refractivity contribution in [3.05, 3.63) is 83.9 Å². The number of hydrogen-bond acceptors (Lipinski definition) is 4. The fourth-order valence-corrected chi connectivity index (χ4v) is 6.34. The number of H-pyrrole nitrogens is 1. The molecule has 5 atom stereocenters. The number of para-hydroxylation sites is 1. The standard InChI is InChI=1S/C28H31N5O2/c34-27(18-8-2-1-3-9-18)32-23-13-7-5-11-20(23)28(35)33-17-14-21-24(26-29-15-16-30-26)31-22-12-6-4-10-19(22)25(21)33/h1-4,6,8-10,12,15-16,20-21,23-25,31H,5,7,11,13-14,17H2,(H,29,30)(H,32,34)/t20?,21-,23?,24-,25+/m1/s1. The van der Waals surface area contributed by atoms with E-state index in [9.17, 15) is 9.59 Å². The Balaban J connectivity index is 1.27. The van der Waals surface area contributed by atoms with Crippen molar-refractivity contribution in [2.75, 3.05) is 11.9 Å². The number of nitrogens with one attached hydrogen (secondary N) is 3. The number of anilines is 1. The maximum Gasteiger partial charge on any atom is 0.251 e. The Hall–Kier alpha value is -3.61. The molecule has 1 aliphatic carbocycles. The molecule has 1 saturated heterocycles. The summed E-state index contributed by atoms with van der Waals surface area (Å²) in [5.41, 5.74) is 2.87. The first-order chi connectivity index (χ1) is 17.2. The summed E-state index contributed by atoms with van der Waals surface area (Å²) in [6.45, 7) is 0.719. The molecule has 180 valence electrons. The number of carbonyl (C=O) groups is 2. The first kappa shape index (κ1) is 21.9. The summed E-state index contributed by atoms with van der Waals surface area (Å²) in [6, 6.07) is 17.5. The van der Waals surface area contributed by atoms with E-state index >= 15 is 0 Å². The molecular formula is C28H31N5O2. The van der Waals surface area contributed by atoms with Gasteiger partial charge in [0.05, 0.1) is 18.0 Å². The van der Waals surface area contributed by atoms with Crippen LogP contribution < -0.4 is 10.6 Å². The molecule has 2 amide bonds. The number of hydrogen-bond donors (Lipinski definition) is 3. The van der Waals surface area contributed by atoms with Gasteiger partial charge in [0.2, 0.25) is 5.91 Å². The van der Waals surface area contributed by atoms with Crippen LogP contribution in [0.4, 0.5) is 5.69 Å². The van der Waals surface area contributed by atoms with Gasteiger partial charge in [-0.15, -0.1) is 0 Å². The van der Waals surface area contributed by atoms with Crippen LogP contribution in [0, 0.1) is 11.8 Å². The van der Waals surface area contributed by atoms with Gasteiger partial charge < -0.3 is 20.5 Å². The number of fused-ring (bicyclic) bond motifs is 3. The molecule has 0 bridgehead atoms. The van der Waals surface area contributed by atoms with Crippen LogP contribution in [0.5, 0.6) is 0 Å². The molecule has 1 aromatic heterocycles. The van der Waals surface area contributed by atoms with E-state index in [0.29, 0.717) is 5.56 Å². The monoisotopic (exact) mass is 469 g/mol. The lowest BCUT2D eigenvalue weighted by Gasteiger charge is -2.41. The molecule has 3 aliphatic rings. The van der Waals surface area contributed by atoms with Gasteiger partial charge in [-0.3, -0.25) is 9.59 Å². The predicted molar refractivity (Wildman–Crippen MR) is 134 cm³/mol. The summed E-state index contributed by atoms with van der Waals surface area (Å²) in [7, 11) is 0. The van der Waals surface area contributed by atoms with Crippen molar-refractivity contribution in [3.63, 3.8) is 0 Å². The van der Waals surface area contributed by atoms with E-state index in [1.807, 2.05) is 42.6 Å². The Morgan fingerprint density at radius 2 is 1.77 bits per heavy atom. The third-order valence-corrected chi connectivity index (χ3v) is 8.00. The van der Waals surface area contributed by atoms with E-state index in [1.54, 1.807) is 6.20 Å². The molecule has 0 spiro atoms. The minimum atomic E-state index is -0.195. The Morgan fingerprint density at radius 3 is 2.60 bits per heavy atom. The quantitative estimate of drug-likeness (QED) is 0.526. The highest BCUT2D eigenvalue weighted by Crippen LogP contribution is 2.51. The fourth-order valence-electron chi connectivity index (χ4n) is 6.34. The molecule has 2 fully saturated rings. The molecule has 3 N–H and O–H groups in total. The Labute approximate surface area is 205 Å². The average molecular weight is 470 g/mol. The highest BCUT2D eigenvalue weighted by atomic mass is 16.2. The number of benzene rings is 2. The molecule has 3 aromatic rings. The van der Waals surface area contributed by atoms with Crippen molar-refractivity contribution < 1.29 is 9.59 Å². The van der Waals surface area contributed by atoms with Gasteiger partial charge in [-0.05, 0) is 43.0 Å². The molecule has 2 unspecified atom stereocenters. The number of rotatable bonds is 4. The van der Waals surface area contributed by atoms with Crippen molar-refractivity contribution in [3.8, 4) is 0 Å². The second kappa shape index (κ2) is 9.21. The molecule has 7 heteroatoms. The van der Waals surface area contributed by atoms with E-state index < -0.39 is 0 Å². The topological polar surface area (TPSA) is 90.1 Å². The van der Waals surface area contributed by atoms with Gasteiger partial charge in [0, 0.05) is 42.1 Å². The molecule has 0 radical (unpaired) electrons. The Bertz CT molecular complexity index is 1200. The number of likely N-dealkylation sites (tertiary alicyclic amines) is 1. The number of aromatic amines is 1. The zero-order valence-corrected chi connectivity index (χ0v) is 19.7. The van der Waals surface area contributed by atoms with Gasteiger partial charge in [0.1, 0.15) is 5.82 Å². The molecule has 2 aromatic carbocycles. The molecule has 6 rings (SSSR count). The molecule has 1 saturated carbocycles. The normalized spacial score (nSPS) is 27.4. The van der Waals surface area contributed by atoms with E-state index in [1.165, 1.54) is 5.56 Å². The van der Waals surface area contributed by atoms with Crippen LogP contribution in [0.1, 0.15) is 65.9 Å². The molecular weight excluding hydrogens is 438 g/mol. The third-order valence-electron chi connectivity index (χ3n) is 8.00. The molecule has 35 heavy (non-hydrogen) atoms. The van der Waals surface area contributed by atoms with Crippen molar-refractivity contribution >= 4 is 17.5 Å². The maximum absolute atomic E-state index is 14.1. The maximum atomic E-state index is 14.1. The van der Waals surface area contributed by atoms with Crippen molar-refractivity contribution in [1.29, 1.82) is 0 Å². The molecule has 7 nitrogen and oxygen atoms in total. The second-order valence-electron chi connectivity index (χ2n) is 9.95. The van der Waals surface area contributed by atoms with Crippen molar-refractivity contribution in [2.24, 2.45) is 11.8 Å². The first-order valence-electron chi connectivity index (χ1n) is 12.7. The number of amides is 2. The van der Waals surface area contributed by atoms with Crippen LogP contribution in [0.3, 0.4) is 0 Å². The summed E-state index contributed by atoms with van der Waals surface area (Å²) in [6.07, 6.45) is 8.25. The molecule has 2 aliphatic heterocycles. The van der Waals surface area contributed by atoms with Gasteiger partial charge in [-0.1, -0.05) is 49.2 Å². The third kappa shape index (κ3) is 3.99. The van der Waals surface area contributed by atoms with E-state index in [-0.39, 0.29) is 41.8 Å². The minimum absolute atomic E-state index is 0.00227. The largest absolute Gasteiger partial charge is 0.375 e. The summed E-state index contributed by atoms with van der Waals surface area (Å²) < 4.78 is 0. The van der Waals surface area contributed by atoms with Crippen molar-refractivity contribution in [1.82, 2.24) is 20.2 Å². The second-order valence-corrected chi connectivity index (χ2v) is 9.95. The van der Waals surface area contributed by atoms with Crippen LogP contribution >= 0.6 is 0 Å². The van der Waals surface area contributed by atoms with Crippen molar-refractivity contribution in [2.45, 2.75) is 50.2 Å². The van der Waals surface area contributed by atoms with Gasteiger partial charge in [-0.2, -0.15) is 0 Å². The lowest BCUT2D eigenvalue weighted by atomic mass is 9.80. The Kier molecular flexibility index (Phi) is 5.76. The van der Waals surface area contributed by atoms with Gasteiger partial charge in [-0.25, -0.2) is 4.98 Å². The van der Waals surface area contributed by atoms with Gasteiger partial charge in [0.25, 0.3) is 5.91 Å². The average Bonchev–Trinajstić information content (AvgIpc) is 3.60. The fraction of sp³-hybridized carbons (Fsp3) is 0.393. The predicted octanol–water partition coefficient (Wildman–Crippen LogP) is 4.45. The number of carbonyl (C=O) groups excluding carboxylic acids is 2.